The maximum absolute atomic E-state index is 5.64. The zero-order chi connectivity index (χ0) is 44.8. The molecule has 9 aromatic carbocycles. The highest BCUT2D eigenvalue weighted by molar-refractivity contribution is 5.94. The molecule has 0 radical (unpaired) electrons. The van der Waals surface area contributed by atoms with Crippen LogP contribution < -0.4 is 24.2 Å². The molecule has 0 unspecified atom stereocenters. The normalized spacial score (nSPS) is 12.9. The minimum Gasteiger partial charge on any atom is -0.497 e. The van der Waals surface area contributed by atoms with Crippen LogP contribution in [-0.4, -0.2) is 14.2 Å². The van der Waals surface area contributed by atoms with Crippen molar-refractivity contribution in [3.8, 4) is 11.5 Å². The topological polar surface area (TPSA) is 28.2 Å². The predicted octanol–water partition coefficient (Wildman–Crippen LogP) is 15.9. The molecular formula is C61H49N3O2. The molecule has 9 aromatic rings. The molecule has 0 saturated carbocycles. The van der Waals surface area contributed by atoms with Crippen LogP contribution in [0.1, 0.15) is 44.5 Å². The second-order valence-corrected chi connectivity index (χ2v) is 17.1. The lowest BCUT2D eigenvalue weighted by atomic mass is 9.61. The van der Waals surface area contributed by atoms with E-state index in [0.717, 1.165) is 73.8 Å². The molecule has 5 heteroatoms. The third-order valence-corrected chi connectivity index (χ3v) is 13.2. The Morgan fingerprint density at radius 3 is 1.14 bits per heavy atom. The molecule has 11 rings (SSSR count). The summed E-state index contributed by atoms with van der Waals surface area (Å²) in [6.45, 7) is 4.29. The smallest absolute Gasteiger partial charge is 0.119 e. The van der Waals surface area contributed by atoms with E-state index in [-0.39, 0.29) is 0 Å². The Morgan fingerprint density at radius 2 is 0.727 bits per heavy atom. The Hall–Kier alpha value is -8.28. The molecule has 0 saturated heterocycles. The first kappa shape index (κ1) is 40.5. The van der Waals surface area contributed by atoms with Crippen molar-refractivity contribution < 1.29 is 9.47 Å². The second kappa shape index (κ2) is 16.7. The Labute approximate surface area is 387 Å². The van der Waals surface area contributed by atoms with Crippen molar-refractivity contribution in [2.24, 2.45) is 0 Å². The highest BCUT2D eigenvalue weighted by Gasteiger charge is 2.49. The molecule has 0 atom stereocenters. The van der Waals surface area contributed by atoms with Crippen molar-refractivity contribution in [3.63, 3.8) is 0 Å². The monoisotopic (exact) mass is 855 g/mol. The Bertz CT molecular complexity index is 3090. The highest BCUT2D eigenvalue weighted by atomic mass is 16.5. The van der Waals surface area contributed by atoms with E-state index in [1.54, 1.807) is 14.2 Å². The maximum atomic E-state index is 5.64. The Balaban J connectivity index is 1.23. The fourth-order valence-corrected chi connectivity index (χ4v) is 10.1. The lowest BCUT2D eigenvalue weighted by Crippen LogP contribution is -2.38. The molecule has 5 nitrogen and oxygen atoms in total. The van der Waals surface area contributed by atoms with Crippen molar-refractivity contribution in [1.82, 2.24) is 0 Å². The van der Waals surface area contributed by atoms with Gasteiger partial charge in [0.25, 0.3) is 0 Å². The number of fused-ring (bicyclic) bond motifs is 8. The van der Waals surface area contributed by atoms with Gasteiger partial charge in [0.1, 0.15) is 11.5 Å². The van der Waals surface area contributed by atoms with Gasteiger partial charge in [-0.25, -0.2) is 0 Å². The highest BCUT2D eigenvalue weighted by Crippen LogP contribution is 2.61. The van der Waals surface area contributed by atoms with E-state index in [9.17, 15) is 0 Å². The number of hydrogen-bond acceptors (Lipinski definition) is 5. The number of rotatable bonds is 9. The van der Waals surface area contributed by atoms with Crippen LogP contribution in [0.3, 0.4) is 0 Å². The van der Waals surface area contributed by atoms with Crippen LogP contribution in [0.25, 0.3) is 12.2 Å². The van der Waals surface area contributed by atoms with Crippen molar-refractivity contribution in [1.29, 1.82) is 0 Å². The van der Waals surface area contributed by atoms with Crippen LogP contribution in [0.4, 0.5) is 51.2 Å². The summed E-state index contributed by atoms with van der Waals surface area (Å²) in [5.74, 6) is 1.60. The van der Waals surface area contributed by atoms with E-state index in [4.69, 9.17) is 9.47 Å². The van der Waals surface area contributed by atoms with Crippen LogP contribution >= 0.6 is 0 Å². The summed E-state index contributed by atoms with van der Waals surface area (Å²) in [5, 5.41) is 0. The molecule has 0 fully saturated rings. The van der Waals surface area contributed by atoms with Gasteiger partial charge in [0, 0.05) is 39.8 Å². The molecule has 1 aliphatic heterocycles. The summed E-state index contributed by atoms with van der Waals surface area (Å²) >= 11 is 0. The number of anilines is 9. The van der Waals surface area contributed by atoms with Gasteiger partial charge in [-0.1, -0.05) is 114 Å². The van der Waals surface area contributed by atoms with Crippen molar-refractivity contribution in [2.45, 2.75) is 19.3 Å². The van der Waals surface area contributed by atoms with Gasteiger partial charge in [0.2, 0.25) is 0 Å². The number of nitrogens with zero attached hydrogens (tertiary/aromatic N) is 3. The van der Waals surface area contributed by atoms with Gasteiger partial charge in [0.05, 0.1) is 31.0 Å². The van der Waals surface area contributed by atoms with Gasteiger partial charge in [-0.3, -0.25) is 0 Å². The summed E-state index contributed by atoms with van der Waals surface area (Å²) in [7, 11) is 3.41. The van der Waals surface area contributed by atoms with E-state index in [0.29, 0.717) is 0 Å². The average Bonchev–Trinajstić information content (AvgIpc) is 3.51. The van der Waals surface area contributed by atoms with E-state index in [2.05, 4.69) is 229 Å². The zero-order valence-electron chi connectivity index (χ0n) is 37.5. The lowest BCUT2D eigenvalue weighted by molar-refractivity contribution is 0.415. The Kier molecular flexibility index (Phi) is 10.2. The molecule has 0 aromatic heterocycles. The third kappa shape index (κ3) is 6.79. The molecule has 0 N–H and O–H groups in total. The summed E-state index contributed by atoms with van der Waals surface area (Å²) in [5.41, 5.74) is 18.4. The maximum Gasteiger partial charge on any atom is 0.119 e. The first-order valence-corrected chi connectivity index (χ1v) is 22.5. The van der Waals surface area contributed by atoms with Crippen molar-refractivity contribution in [3.05, 3.63) is 257 Å². The van der Waals surface area contributed by atoms with E-state index < -0.39 is 5.41 Å². The molecule has 1 aliphatic carbocycles. The predicted molar refractivity (Wildman–Crippen MR) is 274 cm³/mol. The number of aryl methyl sites for hydroxylation is 2. The molecule has 1 spiro atoms. The molecule has 66 heavy (non-hydrogen) atoms. The summed E-state index contributed by atoms with van der Waals surface area (Å²) < 4.78 is 11.3. The standard InChI is InChI=1S/C61H49N3O2/c1-42-18-26-47(27-19-42)62(48-28-20-43(2)21-29-48)51-30-24-44-22-23-45-25-31-52(63(49-32-36-53(65-3)37-33-49)50-34-38-54(66-4)39-35-50)41-58(45)61(57(44)40-51)55-14-8-10-16-59(55)64(46-12-6-5-7-13-46)60-17-11-9-15-56(60)61/h5-41H,1-4H3. The number of methoxy groups -OCH3 is 2. The van der Waals surface area contributed by atoms with E-state index >= 15 is 0 Å². The minimum atomic E-state index is -0.795. The SMILES string of the molecule is COc1ccc(N(c2ccc(OC)cc2)c2ccc3c(c2)C2(c4cc(N(c5ccc(C)cc5)c5ccc(C)cc5)ccc4C=C3)c3ccccc3N(c3ccccc3)c3ccccc32)cc1. The van der Waals surface area contributed by atoms with Gasteiger partial charge in [-0.05, 0) is 169 Å². The number of benzene rings is 9. The molecule has 320 valence electrons. The van der Waals surface area contributed by atoms with E-state index in [1.807, 2.05) is 24.3 Å². The summed E-state index contributed by atoms with van der Waals surface area (Å²) in [6.07, 6.45) is 4.62. The van der Waals surface area contributed by atoms with Crippen LogP contribution in [0.15, 0.2) is 212 Å². The zero-order valence-corrected chi connectivity index (χ0v) is 37.5. The third-order valence-electron chi connectivity index (χ3n) is 13.2. The van der Waals surface area contributed by atoms with Crippen molar-refractivity contribution in [2.75, 3.05) is 28.9 Å². The first-order chi connectivity index (χ1) is 32.4. The van der Waals surface area contributed by atoms with Crippen LogP contribution in [-0.2, 0) is 5.41 Å². The average molecular weight is 856 g/mol. The molecule has 0 bridgehead atoms. The van der Waals surface area contributed by atoms with Crippen LogP contribution in [0, 0.1) is 13.8 Å². The quantitative estimate of drug-likeness (QED) is 0.144. The molecule has 1 heterocycles. The molecule has 0 amide bonds. The van der Waals surface area contributed by atoms with Crippen LogP contribution in [0.5, 0.6) is 11.5 Å². The Morgan fingerprint density at radius 1 is 0.364 bits per heavy atom. The van der Waals surface area contributed by atoms with E-state index in [1.165, 1.54) is 33.4 Å². The fourth-order valence-electron chi connectivity index (χ4n) is 10.1. The minimum absolute atomic E-state index is 0.795. The lowest BCUT2D eigenvalue weighted by Gasteiger charge is -2.47. The number of para-hydroxylation sites is 3. The van der Waals surface area contributed by atoms with Crippen molar-refractivity contribution >= 4 is 63.3 Å². The van der Waals surface area contributed by atoms with Gasteiger partial charge in [-0.2, -0.15) is 0 Å². The number of ether oxygens (including phenoxy) is 2. The fraction of sp³-hybridized carbons (Fsp3) is 0.0820. The summed E-state index contributed by atoms with van der Waals surface area (Å²) in [6, 6.07) is 77.1. The van der Waals surface area contributed by atoms with Crippen LogP contribution in [0.2, 0.25) is 0 Å². The largest absolute Gasteiger partial charge is 0.497 e. The van der Waals surface area contributed by atoms with Gasteiger partial charge in [0.15, 0.2) is 0 Å². The molecule has 2 aliphatic rings. The van der Waals surface area contributed by atoms with Gasteiger partial charge < -0.3 is 24.2 Å². The second-order valence-electron chi connectivity index (χ2n) is 17.1. The van der Waals surface area contributed by atoms with Gasteiger partial charge >= 0.3 is 0 Å². The first-order valence-electron chi connectivity index (χ1n) is 22.5. The van der Waals surface area contributed by atoms with Gasteiger partial charge in [-0.15, -0.1) is 0 Å². The summed E-state index contributed by atoms with van der Waals surface area (Å²) in [4.78, 5) is 7.16. The number of hydrogen-bond donors (Lipinski definition) is 0. The molecular weight excluding hydrogens is 807 g/mol.